The zero-order valence-electron chi connectivity index (χ0n) is 11.6. The lowest BCUT2D eigenvalue weighted by molar-refractivity contribution is 0.601. The standard InChI is InChI=1S/C12H15BrN4O2S2/c1-3-4-14-11-10(5-9(13)6-15-11)21(18,19)17-12-16-8(2)7-20-12/h5-7H,3-4H2,1-2H3,(H,14,15)(H,16,17). The van der Waals surface area contributed by atoms with Gasteiger partial charge in [0.15, 0.2) is 5.13 Å². The van der Waals surface area contributed by atoms with E-state index in [9.17, 15) is 8.42 Å². The van der Waals surface area contributed by atoms with E-state index in [1.54, 1.807) is 11.6 Å². The number of aryl methyl sites for hydroxylation is 1. The Morgan fingerprint density at radius 1 is 1.43 bits per heavy atom. The van der Waals surface area contributed by atoms with Crippen molar-refractivity contribution in [2.24, 2.45) is 0 Å². The fraction of sp³-hybridized carbons (Fsp3) is 0.333. The van der Waals surface area contributed by atoms with Crippen molar-refractivity contribution >= 4 is 48.2 Å². The number of thiazole rings is 1. The minimum absolute atomic E-state index is 0.0955. The molecule has 0 saturated carbocycles. The van der Waals surface area contributed by atoms with Crippen molar-refractivity contribution in [2.75, 3.05) is 16.6 Å². The van der Waals surface area contributed by atoms with E-state index in [4.69, 9.17) is 0 Å². The lowest BCUT2D eigenvalue weighted by Crippen LogP contribution is -2.16. The first-order valence-corrected chi connectivity index (χ1v) is 9.42. The Bertz CT molecular complexity index is 731. The van der Waals surface area contributed by atoms with Gasteiger partial charge >= 0.3 is 0 Å². The summed E-state index contributed by atoms with van der Waals surface area (Å²) in [4.78, 5) is 8.34. The van der Waals surface area contributed by atoms with Crippen LogP contribution in [0.3, 0.4) is 0 Å². The molecule has 2 heterocycles. The number of aromatic nitrogens is 2. The van der Waals surface area contributed by atoms with Gasteiger partial charge in [0, 0.05) is 22.6 Å². The van der Waals surface area contributed by atoms with Crippen molar-refractivity contribution in [3.05, 3.63) is 27.8 Å². The molecule has 2 rings (SSSR count). The second-order valence-electron chi connectivity index (χ2n) is 4.33. The molecule has 0 atom stereocenters. The minimum atomic E-state index is -3.74. The first-order valence-electron chi connectivity index (χ1n) is 6.26. The van der Waals surface area contributed by atoms with Crippen LogP contribution in [-0.4, -0.2) is 24.9 Å². The Morgan fingerprint density at radius 3 is 2.81 bits per heavy atom. The van der Waals surface area contributed by atoms with Crippen molar-refractivity contribution in [2.45, 2.75) is 25.2 Å². The van der Waals surface area contributed by atoms with Crippen LogP contribution >= 0.6 is 27.3 Å². The molecule has 9 heteroatoms. The van der Waals surface area contributed by atoms with Gasteiger partial charge in [0.25, 0.3) is 10.0 Å². The Morgan fingerprint density at radius 2 is 2.19 bits per heavy atom. The van der Waals surface area contributed by atoms with Crippen molar-refractivity contribution in [3.8, 4) is 0 Å². The molecule has 2 N–H and O–H groups in total. The van der Waals surface area contributed by atoms with E-state index in [0.29, 0.717) is 22.0 Å². The smallest absolute Gasteiger partial charge is 0.267 e. The number of hydrogen-bond acceptors (Lipinski definition) is 6. The van der Waals surface area contributed by atoms with Gasteiger partial charge in [-0.05, 0) is 35.3 Å². The summed E-state index contributed by atoms with van der Waals surface area (Å²) < 4.78 is 28.1. The summed E-state index contributed by atoms with van der Waals surface area (Å²) in [6, 6.07) is 1.52. The molecule has 0 saturated heterocycles. The highest BCUT2D eigenvalue weighted by Crippen LogP contribution is 2.26. The van der Waals surface area contributed by atoms with E-state index in [1.165, 1.54) is 17.4 Å². The number of rotatable bonds is 6. The lowest BCUT2D eigenvalue weighted by Gasteiger charge is -2.11. The largest absolute Gasteiger partial charge is 0.369 e. The monoisotopic (exact) mass is 390 g/mol. The molecule has 0 aliphatic rings. The molecular formula is C12H15BrN4O2S2. The normalized spacial score (nSPS) is 11.4. The molecule has 0 fully saturated rings. The highest BCUT2D eigenvalue weighted by atomic mass is 79.9. The maximum Gasteiger partial charge on any atom is 0.267 e. The van der Waals surface area contributed by atoms with Gasteiger partial charge in [0.05, 0.1) is 5.69 Å². The van der Waals surface area contributed by atoms with Crippen LogP contribution in [0.2, 0.25) is 0 Å². The molecule has 0 radical (unpaired) electrons. The third-order valence-electron chi connectivity index (χ3n) is 2.49. The Kier molecular flexibility index (Phi) is 5.17. The predicted molar refractivity (Wildman–Crippen MR) is 88.4 cm³/mol. The van der Waals surface area contributed by atoms with Crippen molar-refractivity contribution in [3.63, 3.8) is 0 Å². The molecule has 0 amide bonds. The molecule has 0 bridgehead atoms. The highest BCUT2D eigenvalue weighted by molar-refractivity contribution is 9.10. The first-order chi connectivity index (χ1) is 9.92. The van der Waals surface area contributed by atoms with Crippen LogP contribution in [0.5, 0.6) is 0 Å². The molecule has 0 aliphatic heterocycles. The topological polar surface area (TPSA) is 84.0 Å². The van der Waals surface area contributed by atoms with Gasteiger partial charge in [0.1, 0.15) is 10.7 Å². The van der Waals surface area contributed by atoms with E-state index < -0.39 is 10.0 Å². The van der Waals surface area contributed by atoms with Crippen molar-refractivity contribution in [1.29, 1.82) is 0 Å². The van der Waals surface area contributed by atoms with E-state index >= 15 is 0 Å². The van der Waals surface area contributed by atoms with Crippen molar-refractivity contribution < 1.29 is 8.42 Å². The van der Waals surface area contributed by atoms with E-state index in [2.05, 4.69) is 35.9 Å². The molecule has 0 aromatic carbocycles. The number of nitrogens with one attached hydrogen (secondary N) is 2. The minimum Gasteiger partial charge on any atom is -0.369 e. The average molecular weight is 391 g/mol. The van der Waals surface area contributed by atoms with Crippen LogP contribution in [-0.2, 0) is 10.0 Å². The van der Waals surface area contributed by atoms with Crippen molar-refractivity contribution in [1.82, 2.24) is 9.97 Å². The molecule has 0 unspecified atom stereocenters. The second-order valence-corrected chi connectivity index (χ2v) is 7.75. The average Bonchev–Trinajstić information content (AvgIpc) is 2.82. The summed E-state index contributed by atoms with van der Waals surface area (Å²) in [7, 11) is -3.74. The van der Waals surface area contributed by atoms with E-state index in [0.717, 1.165) is 12.1 Å². The zero-order valence-corrected chi connectivity index (χ0v) is 14.8. The molecule has 21 heavy (non-hydrogen) atoms. The number of anilines is 2. The maximum atomic E-state index is 12.5. The Balaban J connectivity index is 2.35. The van der Waals surface area contributed by atoms with Crippen LogP contribution in [0.15, 0.2) is 27.0 Å². The molecule has 2 aromatic heterocycles. The number of sulfonamides is 1. The Hall–Kier alpha value is -1.19. The van der Waals surface area contributed by atoms with Gasteiger partial charge in [-0.2, -0.15) is 0 Å². The second kappa shape index (κ2) is 6.71. The van der Waals surface area contributed by atoms with Crippen LogP contribution in [0.25, 0.3) is 0 Å². The summed E-state index contributed by atoms with van der Waals surface area (Å²) >= 11 is 4.50. The lowest BCUT2D eigenvalue weighted by atomic mass is 10.4. The van der Waals surface area contributed by atoms with Crippen LogP contribution in [0, 0.1) is 6.92 Å². The van der Waals surface area contributed by atoms with Gasteiger partial charge in [0.2, 0.25) is 0 Å². The molecule has 0 spiro atoms. The third-order valence-corrected chi connectivity index (χ3v) is 5.28. The van der Waals surface area contributed by atoms with Gasteiger partial charge in [-0.1, -0.05) is 6.92 Å². The van der Waals surface area contributed by atoms with Crippen LogP contribution in [0.1, 0.15) is 19.0 Å². The molecular weight excluding hydrogens is 376 g/mol. The number of nitrogens with zero attached hydrogens (tertiary/aromatic N) is 2. The number of hydrogen-bond donors (Lipinski definition) is 2. The summed E-state index contributed by atoms with van der Waals surface area (Å²) in [6.07, 6.45) is 2.43. The summed E-state index contributed by atoms with van der Waals surface area (Å²) in [5, 5.41) is 5.15. The number of halogens is 1. The van der Waals surface area contributed by atoms with E-state index in [1.807, 2.05) is 13.8 Å². The van der Waals surface area contributed by atoms with Crippen LogP contribution in [0.4, 0.5) is 10.9 Å². The number of pyridine rings is 1. The molecule has 114 valence electrons. The zero-order chi connectivity index (χ0) is 15.5. The highest BCUT2D eigenvalue weighted by Gasteiger charge is 2.21. The fourth-order valence-corrected chi connectivity index (χ4v) is 4.16. The van der Waals surface area contributed by atoms with Gasteiger partial charge in [-0.25, -0.2) is 18.4 Å². The molecule has 0 aliphatic carbocycles. The summed E-state index contributed by atoms with van der Waals surface area (Å²) in [6.45, 7) is 4.45. The summed E-state index contributed by atoms with van der Waals surface area (Å²) in [5.41, 5.74) is 0.773. The fourth-order valence-electron chi connectivity index (χ4n) is 1.57. The SMILES string of the molecule is CCCNc1ncc(Br)cc1S(=O)(=O)Nc1nc(C)cs1. The molecule has 2 aromatic rings. The third kappa shape index (κ3) is 4.14. The van der Waals surface area contributed by atoms with Gasteiger partial charge < -0.3 is 5.32 Å². The van der Waals surface area contributed by atoms with E-state index in [-0.39, 0.29) is 4.90 Å². The molecule has 6 nitrogen and oxygen atoms in total. The van der Waals surface area contributed by atoms with Gasteiger partial charge in [-0.3, -0.25) is 4.72 Å². The first kappa shape index (κ1) is 16.2. The van der Waals surface area contributed by atoms with Crippen LogP contribution < -0.4 is 10.0 Å². The Labute approximate surface area is 136 Å². The predicted octanol–water partition coefficient (Wildman–Crippen LogP) is 3.23. The quantitative estimate of drug-likeness (QED) is 0.790. The van der Waals surface area contributed by atoms with Gasteiger partial charge in [-0.15, -0.1) is 11.3 Å². The maximum absolute atomic E-state index is 12.5. The summed E-state index contributed by atoms with van der Waals surface area (Å²) in [5.74, 6) is 0.334.